The number of aliphatic hydroxyl groups excluding tert-OH is 1. The Kier molecular flexibility index (Phi) is 5.24. The van der Waals surface area contributed by atoms with Gasteiger partial charge in [0.25, 0.3) is 0 Å². The number of rotatable bonds is 1. The van der Waals surface area contributed by atoms with Crippen molar-refractivity contribution >= 4 is 34.2 Å². The number of carboxylic acid groups (broad SMARTS) is 1. The number of halogens is 1. The second-order valence-electron chi connectivity index (χ2n) is 2.20. The third kappa shape index (κ3) is 3.04. The molecule has 5 N–H and O–H groups in total. The van der Waals surface area contributed by atoms with Gasteiger partial charge in [-0.2, -0.15) is 0 Å². The van der Waals surface area contributed by atoms with Crippen molar-refractivity contribution in [1.29, 1.82) is 0 Å². The van der Waals surface area contributed by atoms with E-state index in [1.807, 2.05) is 22.6 Å². The minimum atomic E-state index is -1.10. The van der Waals surface area contributed by atoms with E-state index in [9.17, 15) is 9.90 Å². The predicted octanol–water partition coefficient (Wildman–Crippen LogP) is 0.886. The number of nitrogen functional groups attached to an aromatic ring is 1. The number of aliphatic hydroxyl groups is 1. The quantitative estimate of drug-likeness (QED) is 0.455. The highest BCUT2D eigenvalue weighted by Crippen LogP contribution is 2.26. The highest BCUT2D eigenvalue weighted by Gasteiger charge is 2.09. The predicted molar refractivity (Wildman–Crippen MR) is 60.3 cm³/mol. The van der Waals surface area contributed by atoms with Crippen LogP contribution in [0.4, 0.5) is 5.69 Å². The monoisotopic (exact) mass is 311 g/mol. The summed E-state index contributed by atoms with van der Waals surface area (Å²) in [6.45, 7) is 0. The van der Waals surface area contributed by atoms with Crippen molar-refractivity contribution in [2.24, 2.45) is 0 Å². The van der Waals surface area contributed by atoms with E-state index in [1.165, 1.54) is 12.1 Å². The van der Waals surface area contributed by atoms with Gasteiger partial charge in [0.15, 0.2) is 0 Å². The standard InChI is InChI=1S/C7H6INO3.CH4O/c8-6-4(9)1-3(7(11)12)2-5(6)10;1-2/h1-2,10H,9H2,(H,11,12);2H,1H3. The molecule has 5 nitrogen and oxygen atoms in total. The molecule has 0 atom stereocenters. The summed E-state index contributed by atoms with van der Waals surface area (Å²) in [4.78, 5) is 10.4. The minimum absolute atomic E-state index is 0.00887. The molecule has 14 heavy (non-hydrogen) atoms. The molecule has 0 aromatic heterocycles. The maximum absolute atomic E-state index is 10.4. The average molecular weight is 311 g/mol. The van der Waals surface area contributed by atoms with E-state index in [0.29, 0.717) is 3.57 Å². The average Bonchev–Trinajstić information content (AvgIpc) is 2.16. The maximum atomic E-state index is 10.4. The molecule has 1 aromatic rings. The number of carbonyl (C=O) groups is 1. The molecule has 0 heterocycles. The van der Waals surface area contributed by atoms with Gasteiger partial charge in [-0.1, -0.05) is 0 Å². The van der Waals surface area contributed by atoms with Crippen LogP contribution in [0.25, 0.3) is 0 Å². The Hall–Kier alpha value is -1.02. The molecule has 0 spiro atoms. The number of benzene rings is 1. The number of aromatic carboxylic acids is 1. The van der Waals surface area contributed by atoms with Gasteiger partial charge in [0.1, 0.15) is 5.75 Å². The number of phenolic OH excluding ortho intramolecular Hbond substituents is 1. The summed E-state index contributed by atoms with van der Waals surface area (Å²) in [6, 6.07) is 2.48. The second kappa shape index (κ2) is 5.66. The zero-order chi connectivity index (χ0) is 11.3. The molecule has 6 heteroatoms. The number of nitrogens with two attached hydrogens (primary N) is 1. The van der Waals surface area contributed by atoms with Crippen LogP contribution in [0.1, 0.15) is 10.4 Å². The van der Waals surface area contributed by atoms with E-state index in [4.69, 9.17) is 15.9 Å². The van der Waals surface area contributed by atoms with Crippen LogP contribution in [0.5, 0.6) is 5.75 Å². The van der Waals surface area contributed by atoms with Gasteiger partial charge in [0, 0.05) is 12.8 Å². The van der Waals surface area contributed by atoms with Crippen LogP contribution in [-0.4, -0.2) is 28.4 Å². The number of carboxylic acids is 1. The van der Waals surface area contributed by atoms with Gasteiger partial charge < -0.3 is 21.1 Å². The molecule has 0 bridgehead atoms. The van der Waals surface area contributed by atoms with Crippen molar-refractivity contribution in [2.45, 2.75) is 0 Å². The molecule has 1 rings (SSSR count). The van der Waals surface area contributed by atoms with Gasteiger partial charge in [-0.3, -0.25) is 0 Å². The number of hydrogen-bond donors (Lipinski definition) is 4. The summed E-state index contributed by atoms with van der Waals surface area (Å²) >= 11 is 1.84. The zero-order valence-electron chi connectivity index (χ0n) is 7.36. The van der Waals surface area contributed by atoms with Crippen LogP contribution in [-0.2, 0) is 0 Å². The normalized spacial score (nSPS) is 8.79. The number of hydrogen-bond acceptors (Lipinski definition) is 4. The molecular formula is C8H10INO4. The van der Waals surface area contributed by atoms with Gasteiger partial charge in [-0.25, -0.2) is 4.79 Å². The van der Waals surface area contributed by atoms with Crippen molar-refractivity contribution in [3.63, 3.8) is 0 Å². The molecular weight excluding hydrogens is 301 g/mol. The number of phenols is 1. The van der Waals surface area contributed by atoms with Crippen molar-refractivity contribution in [1.82, 2.24) is 0 Å². The Bertz CT molecular complexity index is 317. The van der Waals surface area contributed by atoms with E-state index in [0.717, 1.165) is 7.11 Å². The van der Waals surface area contributed by atoms with Crippen LogP contribution < -0.4 is 5.73 Å². The summed E-state index contributed by atoms with van der Waals surface area (Å²) in [5.74, 6) is -1.21. The Balaban J connectivity index is 0.000000791. The van der Waals surface area contributed by atoms with Crippen LogP contribution in [0, 0.1) is 3.57 Å². The van der Waals surface area contributed by atoms with Crippen molar-refractivity contribution in [3.8, 4) is 5.75 Å². The summed E-state index contributed by atoms with van der Waals surface area (Å²) in [7, 11) is 1.00. The van der Waals surface area contributed by atoms with Crippen molar-refractivity contribution < 1.29 is 20.1 Å². The Labute approximate surface area is 94.3 Å². The molecule has 0 radical (unpaired) electrons. The van der Waals surface area contributed by atoms with Crippen LogP contribution in [0.3, 0.4) is 0 Å². The number of anilines is 1. The first-order valence-electron chi connectivity index (χ1n) is 3.48. The van der Waals surface area contributed by atoms with E-state index in [2.05, 4.69) is 0 Å². The first-order valence-corrected chi connectivity index (χ1v) is 4.56. The van der Waals surface area contributed by atoms with E-state index >= 15 is 0 Å². The summed E-state index contributed by atoms with van der Waals surface area (Å²) in [5.41, 5.74) is 5.69. The van der Waals surface area contributed by atoms with Crippen molar-refractivity contribution in [3.05, 3.63) is 21.3 Å². The molecule has 0 aliphatic carbocycles. The minimum Gasteiger partial charge on any atom is -0.507 e. The summed E-state index contributed by atoms with van der Waals surface area (Å²) in [5, 5.41) is 24.7. The molecule has 0 amide bonds. The summed E-state index contributed by atoms with van der Waals surface area (Å²) < 4.78 is 0.470. The largest absolute Gasteiger partial charge is 0.507 e. The molecule has 0 aliphatic rings. The van der Waals surface area contributed by atoms with Gasteiger partial charge >= 0.3 is 5.97 Å². The van der Waals surface area contributed by atoms with E-state index < -0.39 is 5.97 Å². The van der Waals surface area contributed by atoms with Crippen LogP contribution in [0.15, 0.2) is 12.1 Å². The lowest BCUT2D eigenvalue weighted by molar-refractivity contribution is 0.0696. The van der Waals surface area contributed by atoms with Crippen LogP contribution in [0.2, 0.25) is 0 Å². The van der Waals surface area contributed by atoms with E-state index in [-0.39, 0.29) is 17.0 Å². The Morgan fingerprint density at radius 1 is 1.43 bits per heavy atom. The first-order chi connectivity index (χ1) is 6.52. The fourth-order valence-electron chi connectivity index (χ4n) is 0.755. The fourth-order valence-corrected chi connectivity index (χ4v) is 1.07. The van der Waals surface area contributed by atoms with Crippen molar-refractivity contribution in [2.75, 3.05) is 12.8 Å². The van der Waals surface area contributed by atoms with E-state index in [1.54, 1.807) is 0 Å². The first kappa shape index (κ1) is 13.0. The lowest BCUT2D eigenvalue weighted by Crippen LogP contribution is -1.99. The number of aromatic hydroxyl groups is 1. The fraction of sp³-hybridized carbons (Fsp3) is 0.125. The molecule has 0 fully saturated rings. The lowest BCUT2D eigenvalue weighted by Gasteiger charge is -2.02. The van der Waals surface area contributed by atoms with Gasteiger partial charge in [-0.05, 0) is 34.7 Å². The van der Waals surface area contributed by atoms with Gasteiger partial charge in [0.2, 0.25) is 0 Å². The Morgan fingerprint density at radius 2 is 1.93 bits per heavy atom. The third-order valence-corrected chi connectivity index (χ3v) is 2.50. The highest BCUT2D eigenvalue weighted by atomic mass is 127. The zero-order valence-corrected chi connectivity index (χ0v) is 9.52. The highest BCUT2D eigenvalue weighted by molar-refractivity contribution is 14.1. The lowest BCUT2D eigenvalue weighted by atomic mass is 10.2. The Morgan fingerprint density at radius 3 is 2.29 bits per heavy atom. The topological polar surface area (TPSA) is 104 Å². The smallest absolute Gasteiger partial charge is 0.335 e. The second-order valence-corrected chi connectivity index (χ2v) is 3.28. The molecule has 0 aliphatic heterocycles. The summed E-state index contributed by atoms with van der Waals surface area (Å²) in [6.07, 6.45) is 0. The molecule has 78 valence electrons. The molecule has 0 unspecified atom stereocenters. The van der Waals surface area contributed by atoms with Crippen LogP contribution >= 0.6 is 22.6 Å². The maximum Gasteiger partial charge on any atom is 0.335 e. The van der Waals surface area contributed by atoms with Gasteiger partial charge in [0.05, 0.1) is 9.13 Å². The SMILES string of the molecule is CO.Nc1cc(C(=O)O)cc(O)c1I. The third-order valence-electron chi connectivity index (χ3n) is 1.33. The molecule has 0 saturated heterocycles. The molecule has 0 saturated carbocycles. The molecule has 1 aromatic carbocycles. The van der Waals surface area contributed by atoms with Gasteiger partial charge in [-0.15, -0.1) is 0 Å².